The van der Waals surface area contributed by atoms with E-state index in [1.54, 1.807) is 6.07 Å². The zero-order chi connectivity index (χ0) is 14.7. The highest BCUT2D eigenvalue weighted by Gasteiger charge is 2.49. The molecule has 108 valence electrons. The predicted molar refractivity (Wildman–Crippen MR) is 85.6 cm³/mol. The number of fused-ring (bicyclic) bond motifs is 4. The molecular formula is C14H16Cl2N2OS. The van der Waals surface area contributed by atoms with Crippen LogP contribution in [-0.4, -0.2) is 21.8 Å². The number of rotatable bonds is 1. The Bertz CT molecular complexity index is 593. The van der Waals surface area contributed by atoms with E-state index >= 15 is 0 Å². The van der Waals surface area contributed by atoms with Gasteiger partial charge in [-0.1, -0.05) is 23.2 Å². The van der Waals surface area contributed by atoms with Crippen LogP contribution in [-0.2, 0) is 0 Å². The van der Waals surface area contributed by atoms with Crippen LogP contribution in [0, 0.1) is 0 Å². The maximum Gasteiger partial charge on any atom is 0.184 e. The molecule has 3 rings (SSSR count). The molecule has 2 unspecified atom stereocenters. The molecule has 0 aliphatic carbocycles. The molecule has 6 heteroatoms. The summed E-state index contributed by atoms with van der Waals surface area (Å²) in [7, 11) is 0. The number of hydrogen-bond acceptors (Lipinski definition) is 2. The maximum absolute atomic E-state index is 6.30. The fourth-order valence-electron chi connectivity index (χ4n) is 3.19. The largest absolute Gasteiger partial charge is 0.466 e. The van der Waals surface area contributed by atoms with Crippen LogP contribution < -0.4 is 10.1 Å². The van der Waals surface area contributed by atoms with Gasteiger partial charge in [-0.25, -0.2) is 0 Å². The van der Waals surface area contributed by atoms with Gasteiger partial charge in [0.05, 0.1) is 11.1 Å². The fraction of sp³-hybridized carbons (Fsp3) is 0.500. The molecule has 0 radical (unpaired) electrons. The van der Waals surface area contributed by atoms with Crippen molar-refractivity contribution < 1.29 is 4.74 Å². The Morgan fingerprint density at radius 3 is 2.80 bits per heavy atom. The molecule has 2 aliphatic rings. The normalized spacial score (nSPS) is 28.0. The van der Waals surface area contributed by atoms with Crippen LogP contribution in [0.4, 0.5) is 0 Å². The second kappa shape index (κ2) is 4.65. The van der Waals surface area contributed by atoms with E-state index in [1.165, 1.54) is 0 Å². The van der Waals surface area contributed by atoms with Crippen molar-refractivity contribution in [3.8, 4) is 5.75 Å². The topological polar surface area (TPSA) is 24.5 Å². The SMILES string of the molecule is CC(C)N1C(=S)NC2CC1(C)Oc1c(Cl)cc(Cl)cc12. The zero-order valence-corrected chi connectivity index (χ0v) is 13.9. The second-order valence-electron chi connectivity index (χ2n) is 5.75. The van der Waals surface area contributed by atoms with Gasteiger partial charge in [0.15, 0.2) is 10.8 Å². The number of nitrogens with zero attached hydrogens (tertiary/aromatic N) is 1. The van der Waals surface area contributed by atoms with Crippen LogP contribution in [0.5, 0.6) is 5.75 Å². The molecule has 2 aliphatic heterocycles. The molecular weight excluding hydrogens is 315 g/mol. The summed E-state index contributed by atoms with van der Waals surface area (Å²) in [5.41, 5.74) is 0.497. The first-order valence-electron chi connectivity index (χ1n) is 6.59. The Morgan fingerprint density at radius 2 is 2.15 bits per heavy atom. The van der Waals surface area contributed by atoms with E-state index in [4.69, 9.17) is 40.2 Å². The Balaban J connectivity index is 2.13. The first-order valence-corrected chi connectivity index (χ1v) is 7.76. The van der Waals surface area contributed by atoms with E-state index in [0.29, 0.717) is 20.9 Å². The van der Waals surface area contributed by atoms with Crippen LogP contribution in [0.2, 0.25) is 10.0 Å². The molecule has 20 heavy (non-hydrogen) atoms. The van der Waals surface area contributed by atoms with Crippen molar-refractivity contribution in [3.05, 3.63) is 27.7 Å². The number of halogens is 2. The molecule has 3 nitrogen and oxygen atoms in total. The third kappa shape index (κ3) is 2.05. The summed E-state index contributed by atoms with van der Waals surface area (Å²) in [6.07, 6.45) is 0.801. The van der Waals surface area contributed by atoms with E-state index in [0.717, 1.165) is 12.0 Å². The predicted octanol–water partition coefficient (Wildman–Crippen LogP) is 4.13. The van der Waals surface area contributed by atoms with E-state index in [2.05, 4.69) is 31.0 Å². The van der Waals surface area contributed by atoms with Gasteiger partial charge in [0, 0.05) is 23.0 Å². The van der Waals surface area contributed by atoms with Gasteiger partial charge in [0.1, 0.15) is 5.75 Å². The molecule has 1 aromatic carbocycles. The first-order chi connectivity index (χ1) is 9.32. The van der Waals surface area contributed by atoms with E-state index < -0.39 is 5.72 Å². The van der Waals surface area contributed by atoms with E-state index in [-0.39, 0.29) is 12.1 Å². The van der Waals surface area contributed by atoms with Crippen molar-refractivity contribution in [1.82, 2.24) is 10.2 Å². The average Bonchev–Trinajstić information content (AvgIpc) is 2.29. The summed E-state index contributed by atoms with van der Waals surface area (Å²) in [6, 6.07) is 3.94. The Morgan fingerprint density at radius 1 is 1.45 bits per heavy atom. The van der Waals surface area contributed by atoms with Gasteiger partial charge in [0.25, 0.3) is 0 Å². The summed E-state index contributed by atoms with van der Waals surface area (Å²) < 4.78 is 6.23. The number of nitrogens with one attached hydrogen (secondary N) is 1. The molecule has 0 saturated carbocycles. The Hall–Kier alpha value is -0.710. The summed E-state index contributed by atoms with van der Waals surface area (Å²) in [5, 5.41) is 5.24. The smallest absolute Gasteiger partial charge is 0.184 e. The number of thiocarbonyl (C=S) groups is 1. The van der Waals surface area contributed by atoms with E-state index in [1.807, 2.05) is 6.07 Å². The molecule has 1 saturated heterocycles. The summed E-state index contributed by atoms with van der Waals surface area (Å²) in [4.78, 5) is 2.09. The molecule has 0 spiro atoms. The standard InChI is InChI=1S/C14H16Cl2N2OS/c1-7(2)18-13(20)17-11-6-14(18,3)19-12-9(11)4-8(15)5-10(12)16/h4-5,7,11H,6H2,1-3H3,(H,17,20). The quantitative estimate of drug-likeness (QED) is 0.782. The second-order valence-corrected chi connectivity index (χ2v) is 6.98. The summed E-state index contributed by atoms with van der Waals surface area (Å²) in [5.74, 6) is 0.704. The van der Waals surface area contributed by atoms with E-state index in [9.17, 15) is 0 Å². The lowest BCUT2D eigenvalue weighted by molar-refractivity contribution is -0.0807. The van der Waals surface area contributed by atoms with Gasteiger partial charge in [-0.05, 0) is 45.1 Å². The lowest BCUT2D eigenvalue weighted by atomic mass is 9.90. The molecule has 1 N–H and O–H groups in total. The highest BCUT2D eigenvalue weighted by molar-refractivity contribution is 7.80. The van der Waals surface area contributed by atoms with Gasteiger partial charge in [0.2, 0.25) is 0 Å². The lowest BCUT2D eigenvalue weighted by Crippen LogP contribution is -2.66. The summed E-state index contributed by atoms with van der Waals surface area (Å²) >= 11 is 17.9. The number of hydrogen-bond donors (Lipinski definition) is 1. The van der Waals surface area contributed by atoms with Crippen molar-refractivity contribution >= 4 is 40.5 Å². The Kier molecular flexibility index (Phi) is 3.31. The van der Waals surface area contributed by atoms with Gasteiger partial charge in [-0.15, -0.1) is 0 Å². The van der Waals surface area contributed by atoms with Crippen LogP contribution in [0.25, 0.3) is 0 Å². The highest BCUT2D eigenvalue weighted by Crippen LogP contribution is 2.48. The van der Waals surface area contributed by atoms with Gasteiger partial charge < -0.3 is 15.0 Å². The summed E-state index contributed by atoms with van der Waals surface area (Å²) in [6.45, 7) is 6.25. The molecule has 0 amide bonds. The average molecular weight is 331 g/mol. The molecule has 2 heterocycles. The minimum absolute atomic E-state index is 0.0856. The van der Waals surface area contributed by atoms with Crippen molar-refractivity contribution in [2.45, 2.75) is 45.0 Å². The highest BCUT2D eigenvalue weighted by atomic mass is 35.5. The van der Waals surface area contributed by atoms with Crippen LogP contribution in [0.1, 0.15) is 38.8 Å². The number of ether oxygens (including phenoxy) is 1. The van der Waals surface area contributed by atoms with Crippen molar-refractivity contribution in [3.63, 3.8) is 0 Å². The fourth-order valence-corrected chi connectivity index (χ4v) is 4.28. The van der Waals surface area contributed by atoms with Crippen LogP contribution in [0.15, 0.2) is 12.1 Å². The van der Waals surface area contributed by atoms with Crippen molar-refractivity contribution in [2.75, 3.05) is 0 Å². The zero-order valence-electron chi connectivity index (χ0n) is 11.5. The first kappa shape index (κ1) is 14.2. The Labute approximate surface area is 134 Å². The molecule has 0 aromatic heterocycles. The molecule has 1 fully saturated rings. The van der Waals surface area contributed by atoms with Gasteiger partial charge >= 0.3 is 0 Å². The number of benzene rings is 1. The molecule has 2 atom stereocenters. The molecule has 1 aromatic rings. The van der Waals surface area contributed by atoms with Crippen LogP contribution >= 0.6 is 35.4 Å². The third-order valence-electron chi connectivity index (χ3n) is 3.86. The van der Waals surface area contributed by atoms with Gasteiger partial charge in [-0.3, -0.25) is 0 Å². The van der Waals surface area contributed by atoms with Gasteiger partial charge in [-0.2, -0.15) is 0 Å². The monoisotopic (exact) mass is 330 g/mol. The van der Waals surface area contributed by atoms with Crippen molar-refractivity contribution in [1.29, 1.82) is 0 Å². The van der Waals surface area contributed by atoms with Crippen molar-refractivity contribution in [2.24, 2.45) is 0 Å². The minimum Gasteiger partial charge on any atom is -0.466 e. The minimum atomic E-state index is -0.481. The third-order valence-corrected chi connectivity index (χ3v) is 4.67. The molecule has 2 bridgehead atoms. The maximum atomic E-state index is 6.30. The van der Waals surface area contributed by atoms with Crippen LogP contribution in [0.3, 0.4) is 0 Å². The lowest BCUT2D eigenvalue weighted by Gasteiger charge is -2.54.